The Morgan fingerprint density at radius 3 is 2.88 bits per heavy atom. The Labute approximate surface area is 110 Å². The van der Waals surface area contributed by atoms with Gasteiger partial charge in [0.15, 0.2) is 0 Å². The van der Waals surface area contributed by atoms with Crippen molar-refractivity contribution >= 4 is 15.9 Å². The smallest absolute Gasteiger partial charge is 0.124 e. The van der Waals surface area contributed by atoms with E-state index < -0.39 is 5.60 Å². The van der Waals surface area contributed by atoms with Crippen molar-refractivity contribution in [1.82, 2.24) is 0 Å². The monoisotopic (exact) mass is 300 g/mol. The first-order chi connectivity index (χ1) is 8.02. The van der Waals surface area contributed by atoms with E-state index in [0.717, 1.165) is 35.7 Å². The van der Waals surface area contributed by atoms with E-state index in [-0.39, 0.29) is 5.82 Å². The van der Waals surface area contributed by atoms with Gasteiger partial charge < -0.3 is 5.11 Å². The Balaban J connectivity index is 2.10. The number of benzene rings is 1. The largest absolute Gasteiger partial charge is 0.390 e. The van der Waals surface area contributed by atoms with Crippen LogP contribution in [0.5, 0.6) is 0 Å². The van der Waals surface area contributed by atoms with Gasteiger partial charge in [0.1, 0.15) is 5.82 Å². The van der Waals surface area contributed by atoms with Gasteiger partial charge in [-0.25, -0.2) is 4.39 Å². The number of aliphatic hydroxyl groups is 1. The maximum Gasteiger partial charge on any atom is 0.124 e. The van der Waals surface area contributed by atoms with Crippen molar-refractivity contribution in [3.8, 4) is 0 Å². The lowest BCUT2D eigenvalue weighted by atomic mass is 9.91. The number of rotatable bonds is 3. The molecule has 1 aliphatic carbocycles. The second-order valence-corrected chi connectivity index (χ2v) is 6.01. The minimum atomic E-state index is -0.596. The average molecular weight is 301 g/mol. The molecule has 94 valence electrons. The number of hydrogen-bond donors (Lipinski definition) is 1. The lowest BCUT2D eigenvalue weighted by molar-refractivity contribution is 0.0435. The highest BCUT2D eigenvalue weighted by Crippen LogP contribution is 2.39. The molecule has 0 heterocycles. The van der Waals surface area contributed by atoms with Gasteiger partial charge in [0.25, 0.3) is 0 Å². The molecule has 1 N–H and O–H groups in total. The topological polar surface area (TPSA) is 20.2 Å². The number of halogens is 2. The molecule has 0 radical (unpaired) electrons. The van der Waals surface area contributed by atoms with Gasteiger partial charge >= 0.3 is 0 Å². The summed E-state index contributed by atoms with van der Waals surface area (Å²) in [5.41, 5.74) is 0.395. The van der Waals surface area contributed by atoms with Crippen molar-refractivity contribution in [2.24, 2.45) is 5.92 Å². The van der Waals surface area contributed by atoms with E-state index in [1.54, 1.807) is 6.07 Å². The fourth-order valence-corrected chi connectivity index (χ4v) is 3.23. The van der Waals surface area contributed by atoms with E-state index in [9.17, 15) is 9.50 Å². The first-order valence-electron chi connectivity index (χ1n) is 6.19. The van der Waals surface area contributed by atoms with Crippen LogP contribution >= 0.6 is 15.9 Å². The van der Waals surface area contributed by atoms with Crippen LogP contribution < -0.4 is 0 Å². The van der Waals surface area contributed by atoms with E-state index >= 15 is 0 Å². The van der Waals surface area contributed by atoms with Crippen LogP contribution in [-0.2, 0) is 6.42 Å². The minimum absolute atomic E-state index is 0.245. The molecule has 1 aromatic carbocycles. The first-order valence-corrected chi connectivity index (χ1v) is 6.98. The molecule has 2 rings (SSSR count). The van der Waals surface area contributed by atoms with Crippen LogP contribution in [0.4, 0.5) is 4.39 Å². The average Bonchev–Trinajstić information content (AvgIpc) is 2.65. The summed E-state index contributed by atoms with van der Waals surface area (Å²) in [5.74, 6) is 0.393. The van der Waals surface area contributed by atoms with Crippen molar-refractivity contribution in [2.45, 2.75) is 44.6 Å². The zero-order chi connectivity index (χ0) is 12.5. The Hall–Kier alpha value is -0.410. The molecule has 0 aliphatic heterocycles. The molecule has 1 aromatic rings. The third-order valence-electron chi connectivity index (χ3n) is 3.80. The SMILES string of the molecule is CCC1CCC(O)(Cc2ccc(F)cc2Br)C1. The molecule has 3 heteroatoms. The van der Waals surface area contributed by atoms with Gasteiger partial charge in [-0.1, -0.05) is 35.3 Å². The van der Waals surface area contributed by atoms with Crippen molar-refractivity contribution in [3.63, 3.8) is 0 Å². The molecular formula is C14H18BrFO. The quantitative estimate of drug-likeness (QED) is 0.892. The number of hydrogen-bond acceptors (Lipinski definition) is 1. The summed E-state index contributed by atoms with van der Waals surface area (Å²) < 4.78 is 13.7. The summed E-state index contributed by atoms with van der Waals surface area (Å²) in [7, 11) is 0. The zero-order valence-electron chi connectivity index (χ0n) is 10.0. The maximum absolute atomic E-state index is 13.0. The van der Waals surface area contributed by atoms with E-state index in [1.807, 2.05) is 0 Å². The molecule has 0 aromatic heterocycles. The summed E-state index contributed by atoms with van der Waals surface area (Å²) >= 11 is 3.36. The van der Waals surface area contributed by atoms with E-state index in [0.29, 0.717) is 12.3 Å². The van der Waals surface area contributed by atoms with Crippen molar-refractivity contribution in [1.29, 1.82) is 0 Å². The molecule has 1 nitrogen and oxygen atoms in total. The Morgan fingerprint density at radius 1 is 1.53 bits per heavy atom. The highest BCUT2D eigenvalue weighted by atomic mass is 79.9. The van der Waals surface area contributed by atoms with Gasteiger partial charge in [0.2, 0.25) is 0 Å². The van der Waals surface area contributed by atoms with Gasteiger partial charge in [0.05, 0.1) is 5.60 Å². The fourth-order valence-electron chi connectivity index (χ4n) is 2.74. The zero-order valence-corrected chi connectivity index (χ0v) is 11.6. The standard InChI is InChI=1S/C14H18BrFO/c1-2-10-5-6-14(17,8-10)9-11-3-4-12(16)7-13(11)15/h3-4,7,10,17H,2,5-6,8-9H2,1H3. The summed E-state index contributed by atoms with van der Waals surface area (Å²) in [5, 5.41) is 10.5. The molecule has 0 spiro atoms. The van der Waals surface area contributed by atoms with Crippen molar-refractivity contribution < 1.29 is 9.50 Å². The molecular weight excluding hydrogens is 283 g/mol. The molecule has 2 atom stereocenters. The first kappa shape index (κ1) is 13.0. The van der Waals surface area contributed by atoms with Crippen LogP contribution in [-0.4, -0.2) is 10.7 Å². The minimum Gasteiger partial charge on any atom is -0.390 e. The third kappa shape index (κ3) is 3.08. The van der Waals surface area contributed by atoms with Crippen LogP contribution in [0.25, 0.3) is 0 Å². The molecule has 1 aliphatic rings. The van der Waals surface area contributed by atoms with E-state index in [2.05, 4.69) is 22.9 Å². The normalized spacial score (nSPS) is 28.6. The lowest BCUT2D eigenvalue weighted by Crippen LogP contribution is -2.28. The van der Waals surface area contributed by atoms with Crippen LogP contribution in [0.2, 0.25) is 0 Å². The predicted octanol–water partition coefficient (Wildman–Crippen LogP) is 4.07. The van der Waals surface area contributed by atoms with Gasteiger partial charge in [0, 0.05) is 10.9 Å². The second-order valence-electron chi connectivity index (χ2n) is 5.15. The Bertz CT molecular complexity index is 407. The molecule has 1 saturated carbocycles. The summed E-state index contributed by atoms with van der Waals surface area (Å²) in [6.07, 6.45) is 4.58. The highest BCUT2D eigenvalue weighted by molar-refractivity contribution is 9.10. The molecule has 2 unspecified atom stereocenters. The van der Waals surface area contributed by atoms with Crippen molar-refractivity contribution in [3.05, 3.63) is 34.1 Å². The Morgan fingerprint density at radius 2 is 2.29 bits per heavy atom. The summed E-state index contributed by atoms with van der Waals surface area (Å²) in [4.78, 5) is 0. The molecule has 0 amide bonds. The maximum atomic E-state index is 13.0. The molecule has 17 heavy (non-hydrogen) atoms. The molecule has 1 fully saturated rings. The predicted molar refractivity (Wildman–Crippen MR) is 70.4 cm³/mol. The highest BCUT2D eigenvalue weighted by Gasteiger charge is 2.36. The third-order valence-corrected chi connectivity index (χ3v) is 4.54. The van der Waals surface area contributed by atoms with Gasteiger partial charge in [-0.05, 0) is 42.9 Å². The Kier molecular flexibility index (Phi) is 3.88. The van der Waals surface area contributed by atoms with E-state index in [4.69, 9.17) is 0 Å². The molecule has 0 bridgehead atoms. The molecule has 0 saturated heterocycles. The lowest BCUT2D eigenvalue weighted by Gasteiger charge is -2.23. The summed E-state index contributed by atoms with van der Waals surface area (Å²) in [6.45, 7) is 2.17. The van der Waals surface area contributed by atoms with Gasteiger partial charge in [-0.3, -0.25) is 0 Å². The van der Waals surface area contributed by atoms with Gasteiger partial charge in [-0.2, -0.15) is 0 Å². The second kappa shape index (κ2) is 5.07. The summed E-state index contributed by atoms with van der Waals surface area (Å²) in [6, 6.07) is 4.68. The fraction of sp³-hybridized carbons (Fsp3) is 0.571. The van der Waals surface area contributed by atoms with Crippen LogP contribution in [0.15, 0.2) is 22.7 Å². The van der Waals surface area contributed by atoms with Crippen LogP contribution in [0.1, 0.15) is 38.2 Å². The van der Waals surface area contributed by atoms with Crippen molar-refractivity contribution in [2.75, 3.05) is 0 Å². The van der Waals surface area contributed by atoms with Crippen LogP contribution in [0, 0.1) is 11.7 Å². The van der Waals surface area contributed by atoms with Gasteiger partial charge in [-0.15, -0.1) is 0 Å². The van der Waals surface area contributed by atoms with E-state index in [1.165, 1.54) is 12.1 Å². The van der Waals surface area contributed by atoms with Crippen LogP contribution in [0.3, 0.4) is 0 Å².